The van der Waals surface area contributed by atoms with Gasteiger partial charge in [0.1, 0.15) is 11.6 Å². The van der Waals surface area contributed by atoms with Crippen LogP contribution in [0.2, 0.25) is 0 Å². The van der Waals surface area contributed by atoms with Crippen LogP contribution in [0.25, 0.3) is 10.9 Å². The minimum atomic E-state index is -0.535. The number of hydrogen-bond donors (Lipinski definition) is 1. The summed E-state index contributed by atoms with van der Waals surface area (Å²) in [5, 5.41) is 7.41. The highest BCUT2D eigenvalue weighted by Gasteiger charge is 2.23. The summed E-state index contributed by atoms with van der Waals surface area (Å²) >= 11 is 3.41. The molecule has 0 aliphatic heterocycles. The lowest BCUT2D eigenvalue weighted by atomic mass is 9.95. The minimum Gasteiger partial charge on any atom is -0.490 e. The van der Waals surface area contributed by atoms with Crippen molar-refractivity contribution in [3.05, 3.63) is 92.7 Å². The number of nitrogens with zero attached hydrogens (tertiary/aromatic N) is 3. The molecule has 10 heteroatoms. The number of rotatable bonds is 8. The zero-order valence-electron chi connectivity index (χ0n) is 22.0. The van der Waals surface area contributed by atoms with Crippen molar-refractivity contribution < 1.29 is 18.7 Å². The molecule has 0 fully saturated rings. The number of anilines is 1. The molecule has 1 aromatic heterocycles. The number of fused-ring (bicyclic) bond motifs is 1. The number of nitrogens with one attached hydrogen (secondary N) is 1. The standard InChI is InChI=1S/C29H28BrFN4O4/c1-5-38-25-14-18(10-13-24(25)39-17-26(36)33-23-9-7-6-8-21(23)31)16-32-35-27(37)20-15-19(30)11-12-22(20)34-28(35)29(2,3)4/h6-16H,5,17H2,1-4H3,(H,33,36). The van der Waals surface area contributed by atoms with E-state index in [-0.39, 0.29) is 17.9 Å². The van der Waals surface area contributed by atoms with Crippen molar-refractivity contribution in [2.24, 2.45) is 5.10 Å². The number of hydrogen-bond acceptors (Lipinski definition) is 6. The maximum atomic E-state index is 13.8. The van der Waals surface area contributed by atoms with Crippen LogP contribution in [0.5, 0.6) is 11.5 Å². The van der Waals surface area contributed by atoms with Crippen LogP contribution in [0.15, 0.2) is 75.0 Å². The molecule has 0 saturated carbocycles. The number of halogens is 2. The van der Waals surface area contributed by atoms with Crippen molar-refractivity contribution in [1.29, 1.82) is 0 Å². The number of carbonyl (C=O) groups excluding carboxylic acids is 1. The van der Waals surface area contributed by atoms with Gasteiger partial charge < -0.3 is 14.8 Å². The molecule has 0 spiro atoms. The van der Waals surface area contributed by atoms with Crippen molar-refractivity contribution in [2.45, 2.75) is 33.1 Å². The van der Waals surface area contributed by atoms with E-state index in [2.05, 4.69) is 26.3 Å². The van der Waals surface area contributed by atoms with E-state index in [9.17, 15) is 14.0 Å². The van der Waals surface area contributed by atoms with Gasteiger partial charge in [0.2, 0.25) is 0 Å². The molecule has 8 nitrogen and oxygen atoms in total. The van der Waals surface area contributed by atoms with E-state index in [0.29, 0.717) is 40.4 Å². The molecule has 0 atom stereocenters. The highest BCUT2D eigenvalue weighted by molar-refractivity contribution is 9.10. The largest absolute Gasteiger partial charge is 0.490 e. The fraction of sp³-hybridized carbons (Fsp3) is 0.241. The Morgan fingerprint density at radius 1 is 1.10 bits per heavy atom. The van der Waals surface area contributed by atoms with Gasteiger partial charge in [-0.15, -0.1) is 0 Å². The van der Waals surface area contributed by atoms with Crippen molar-refractivity contribution in [3.8, 4) is 11.5 Å². The molecule has 1 N–H and O–H groups in total. The van der Waals surface area contributed by atoms with E-state index in [0.717, 1.165) is 4.47 Å². The van der Waals surface area contributed by atoms with Crippen LogP contribution in [0, 0.1) is 5.82 Å². The Kier molecular flexibility index (Phi) is 8.44. The lowest BCUT2D eigenvalue weighted by molar-refractivity contribution is -0.118. The molecule has 202 valence electrons. The Balaban J connectivity index is 1.60. The quantitative estimate of drug-likeness (QED) is 0.256. The SMILES string of the molecule is CCOc1cc(C=Nn2c(C(C)(C)C)nc3ccc(Br)cc3c2=O)ccc1OCC(=O)Nc1ccccc1F. The molecule has 0 aliphatic carbocycles. The zero-order valence-corrected chi connectivity index (χ0v) is 23.6. The van der Waals surface area contributed by atoms with E-state index in [4.69, 9.17) is 14.5 Å². The average Bonchev–Trinajstić information content (AvgIpc) is 2.89. The van der Waals surface area contributed by atoms with Crippen molar-refractivity contribution in [3.63, 3.8) is 0 Å². The van der Waals surface area contributed by atoms with Crippen LogP contribution in [0.1, 0.15) is 39.1 Å². The van der Waals surface area contributed by atoms with Gasteiger partial charge in [0.05, 0.1) is 29.4 Å². The van der Waals surface area contributed by atoms with Crippen molar-refractivity contribution in [1.82, 2.24) is 9.66 Å². The third kappa shape index (κ3) is 6.69. The summed E-state index contributed by atoms with van der Waals surface area (Å²) in [4.78, 5) is 30.4. The number of benzene rings is 3. The fourth-order valence-corrected chi connectivity index (χ4v) is 4.11. The molecular formula is C29H28BrFN4O4. The zero-order chi connectivity index (χ0) is 28.2. The van der Waals surface area contributed by atoms with Crippen molar-refractivity contribution in [2.75, 3.05) is 18.5 Å². The molecule has 0 saturated heterocycles. The molecule has 1 heterocycles. The minimum absolute atomic E-state index is 0.0723. The molecular weight excluding hydrogens is 567 g/mol. The lowest BCUT2D eigenvalue weighted by Crippen LogP contribution is -2.29. The summed E-state index contributed by atoms with van der Waals surface area (Å²) in [6.45, 7) is 7.73. The summed E-state index contributed by atoms with van der Waals surface area (Å²) in [6.07, 6.45) is 1.54. The molecule has 4 rings (SSSR count). The summed E-state index contributed by atoms with van der Waals surface area (Å²) in [5.74, 6) is 0.196. The molecule has 3 aromatic carbocycles. The average molecular weight is 595 g/mol. The summed E-state index contributed by atoms with van der Waals surface area (Å²) in [5.41, 5.74) is 0.577. The van der Waals surface area contributed by atoms with Gasteiger partial charge in [-0.1, -0.05) is 48.8 Å². The Bertz CT molecular complexity index is 1610. The molecule has 39 heavy (non-hydrogen) atoms. The van der Waals surface area contributed by atoms with Gasteiger partial charge in [0.25, 0.3) is 11.5 Å². The molecule has 4 aromatic rings. The normalized spacial score (nSPS) is 11.6. The van der Waals surface area contributed by atoms with Gasteiger partial charge >= 0.3 is 0 Å². The first-order valence-electron chi connectivity index (χ1n) is 12.3. The fourth-order valence-electron chi connectivity index (χ4n) is 3.75. The summed E-state index contributed by atoms with van der Waals surface area (Å²) in [7, 11) is 0. The molecule has 0 aliphatic rings. The number of ether oxygens (including phenoxy) is 2. The van der Waals surface area contributed by atoms with E-state index >= 15 is 0 Å². The van der Waals surface area contributed by atoms with Crippen LogP contribution >= 0.6 is 15.9 Å². The predicted molar refractivity (Wildman–Crippen MR) is 154 cm³/mol. The third-order valence-electron chi connectivity index (χ3n) is 5.58. The van der Waals surface area contributed by atoms with Gasteiger partial charge in [-0.2, -0.15) is 9.78 Å². The lowest BCUT2D eigenvalue weighted by Gasteiger charge is -2.21. The van der Waals surface area contributed by atoms with Crippen LogP contribution in [-0.4, -0.2) is 35.0 Å². The Morgan fingerprint density at radius 2 is 1.87 bits per heavy atom. The first-order valence-corrected chi connectivity index (χ1v) is 13.1. The Hall–Kier alpha value is -4.05. The Morgan fingerprint density at radius 3 is 2.59 bits per heavy atom. The number of para-hydroxylation sites is 1. The van der Waals surface area contributed by atoms with Gasteiger partial charge in [-0.05, 0) is 61.0 Å². The van der Waals surface area contributed by atoms with Gasteiger partial charge in [-0.3, -0.25) is 9.59 Å². The molecule has 0 unspecified atom stereocenters. The Labute approximate surface area is 233 Å². The second-order valence-electron chi connectivity index (χ2n) is 9.66. The second kappa shape index (κ2) is 11.8. The smallest absolute Gasteiger partial charge is 0.282 e. The maximum absolute atomic E-state index is 13.8. The molecule has 1 amide bonds. The highest BCUT2D eigenvalue weighted by atomic mass is 79.9. The van der Waals surface area contributed by atoms with E-state index in [1.807, 2.05) is 33.8 Å². The van der Waals surface area contributed by atoms with Gasteiger partial charge in [0, 0.05) is 9.89 Å². The monoisotopic (exact) mass is 594 g/mol. The first kappa shape index (κ1) is 28.0. The number of carbonyl (C=O) groups is 1. The van der Waals surface area contributed by atoms with Crippen LogP contribution in [0.3, 0.4) is 0 Å². The van der Waals surface area contributed by atoms with Crippen LogP contribution in [-0.2, 0) is 10.2 Å². The van der Waals surface area contributed by atoms with Crippen LogP contribution in [0.4, 0.5) is 10.1 Å². The number of aromatic nitrogens is 2. The second-order valence-corrected chi connectivity index (χ2v) is 10.6. The van der Waals surface area contributed by atoms with E-state index < -0.39 is 17.1 Å². The van der Waals surface area contributed by atoms with E-state index in [1.54, 1.807) is 42.6 Å². The molecule has 0 bridgehead atoms. The highest BCUT2D eigenvalue weighted by Crippen LogP contribution is 2.28. The van der Waals surface area contributed by atoms with E-state index in [1.165, 1.54) is 22.9 Å². The first-order chi connectivity index (χ1) is 18.6. The molecule has 0 radical (unpaired) electrons. The summed E-state index contributed by atoms with van der Waals surface area (Å²) < 4.78 is 27.3. The van der Waals surface area contributed by atoms with Gasteiger partial charge in [-0.25, -0.2) is 9.37 Å². The topological polar surface area (TPSA) is 94.8 Å². The summed E-state index contributed by atoms with van der Waals surface area (Å²) in [6, 6.07) is 16.3. The third-order valence-corrected chi connectivity index (χ3v) is 6.07. The predicted octanol–water partition coefficient (Wildman–Crippen LogP) is 5.89. The van der Waals surface area contributed by atoms with Gasteiger partial charge in [0.15, 0.2) is 18.1 Å². The maximum Gasteiger partial charge on any atom is 0.282 e. The van der Waals surface area contributed by atoms with Crippen molar-refractivity contribution >= 4 is 44.6 Å². The van der Waals surface area contributed by atoms with Crippen LogP contribution < -0.4 is 20.3 Å². The number of amides is 1.